The minimum atomic E-state index is -3.66. The van der Waals surface area contributed by atoms with Gasteiger partial charge in [0.2, 0.25) is 10.0 Å². The van der Waals surface area contributed by atoms with Crippen molar-refractivity contribution in [1.29, 1.82) is 0 Å². The Morgan fingerprint density at radius 3 is 2.47 bits per heavy atom. The Balaban J connectivity index is 2.72. The number of hydrogen-bond acceptors (Lipinski definition) is 4. The van der Waals surface area contributed by atoms with Crippen molar-refractivity contribution >= 4 is 35.8 Å². The summed E-state index contributed by atoms with van der Waals surface area (Å²) in [6.07, 6.45) is 3.69. The van der Waals surface area contributed by atoms with E-state index >= 15 is 0 Å². The molecular formula is C9H18BrNO4S2. The van der Waals surface area contributed by atoms with Crippen molar-refractivity contribution in [3.8, 4) is 0 Å². The van der Waals surface area contributed by atoms with Crippen molar-refractivity contribution in [2.24, 2.45) is 5.92 Å². The van der Waals surface area contributed by atoms with Crippen molar-refractivity contribution in [2.45, 2.75) is 19.3 Å². The van der Waals surface area contributed by atoms with Gasteiger partial charge < -0.3 is 0 Å². The van der Waals surface area contributed by atoms with Crippen LogP contribution in [0.25, 0.3) is 0 Å². The summed E-state index contributed by atoms with van der Waals surface area (Å²) in [6, 6.07) is 0. The van der Waals surface area contributed by atoms with E-state index in [0.717, 1.165) is 30.8 Å². The molecule has 1 aliphatic heterocycles. The van der Waals surface area contributed by atoms with Gasteiger partial charge >= 0.3 is 0 Å². The van der Waals surface area contributed by atoms with Crippen molar-refractivity contribution in [3.05, 3.63) is 0 Å². The van der Waals surface area contributed by atoms with Crippen LogP contribution in [0.1, 0.15) is 19.3 Å². The summed E-state index contributed by atoms with van der Waals surface area (Å²) in [5.74, 6) is 0.331. The topological polar surface area (TPSA) is 71.5 Å². The number of piperidine rings is 1. The molecular weight excluding hydrogens is 330 g/mol. The fourth-order valence-corrected chi connectivity index (χ4v) is 6.27. The van der Waals surface area contributed by atoms with Gasteiger partial charge in [-0.2, -0.15) is 0 Å². The summed E-state index contributed by atoms with van der Waals surface area (Å²) in [7, 11) is -7.16. The lowest BCUT2D eigenvalue weighted by Gasteiger charge is -2.31. The average Bonchev–Trinajstić information content (AvgIpc) is 2.15. The Morgan fingerprint density at radius 2 is 1.94 bits per heavy atom. The van der Waals surface area contributed by atoms with Crippen LogP contribution >= 0.6 is 15.9 Å². The summed E-state index contributed by atoms with van der Waals surface area (Å²) in [5, 5.41) is 0.0681. The second-order valence-electron chi connectivity index (χ2n) is 4.50. The summed E-state index contributed by atoms with van der Waals surface area (Å²) in [6.45, 7) is 0.889. The van der Waals surface area contributed by atoms with Crippen LogP contribution in [-0.4, -0.2) is 50.9 Å². The molecule has 0 radical (unpaired) electrons. The second kappa shape index (κ2) is 5.99. The largest absolute Gasteiger partial charge is 0.228 e. The van der Waals surface area contributed by atoms with E-state index in [1.54, 1.807) is 0 Å². The zero-order valence-electron chi connectivity index (χ0n) is 9.80. The van der Waals surface area contributed by atoms with E-state index in [0.29, 0.717) is 19.0 Å². The lowest BCUT2D eigenvalue weighted by atomic mass is 9.97. The van der Waals surface area contributed by atoms with Crippen LogP contribution in [0.4, 0.5) is 0 Å². The van der Waals surface area contributed by atoms with E-state index in [2.05, 4.69) is 15.9 Å². The first-order valence-electron chi connectivity index (χ1n) is 5.46. The predicted octanol–water partition coefficient (Wildman–Crippen LogP) is 0.815. The third kappa shape index (κ3) is 5.23. The molecule has 0 aromatic rings. The fraction of sp³-hybridized carbons (Fsp3) is 1.00. The van der Waals surface area contributed by atoms with E-state index in [1.807, 2.05) is 0 Å². The van der Waals surface area contributed by atoms with Gasteiger partial charge in [-0.3, -0.25) is 0 Å². The number of nitrogens with zero attached hydrogens (tertiary/aromatic N) is 1. The molecule has 0 N–H and O–H groups in total. The Bertz CT molecular complexity index is 444. The molecule has 102 valence electrons. The Morgan fingerprint density at radius 1 is 1.29 bits per heavy atom. The highest BCUT2D eigenvalue weighted by molar-refractivity contribution is 9.09. The molecule has 1 atom stereocenters. The van der Waals surface area contributed by atoms with Gasteiger partial charge in [-0.05, 0) is 25.2 Å². The fourth-order valence-electron chi connectivity index (χ4n) is 2.01. The highest BCUT2D eigenvalue weighted by Gasteiger charge is 2.30. The third-order valence-electron chi connectivity index (χ3n) is 2.76. The lowest BCUT2D eigenvalue weighted by molar-refractivity contribution is 0.264. The maximum Gasteiger partial charge on any atom is 0.228 e. The van der Waals surface area contributed by atoms with Crippen LogP contribution in [-0.2, 0) is 19.9 Å². The number of halogens is 1. The van der Waals surface area contributed by atoms with Crippen molar-refractivity contribution in [3.63, 3.8) is 0 Å². The van der Waals surface area contributed by atoms with E-state index < -0.39 is 24.9 Å². The molecule has 0 amide bonds. The molecule has 5 nitrogen and oxygen atoms in total. The molecule has 1 unspecified atom stereocenters. The van der Waals surface area contributed by atoms with Crippen molar-refractivity contribution in [2.75, 3.05) is 29.8 Å². The molecule has 0 spiro atoms. The quantitative estimate of drug-likeness (QED) is 0.690. The number of hydrogen-bond donors (Lipinski definition) is 0. The molecule has 0 saturated carbocycles. The normalized spacial score (nSPS) is 23.8. The molecule has 17 heavy (non-hydrogen) atoms. The van der Waals surface area contributed by atoms with Gasteiger partial charge in [0.25, 0.3) is 0 Å². The van der Waals surface area contributed by atoms with Crippen LogP contribution in [0, 0.1) is 5.92 Å². The van der Waals surface area contributed by atoms with Gasteiger partial charge in [0.1, 0.15) is 0 Å². The Hall–Kier alpha value is 0.340. The molecule has 0 bridgehead atoms. The zero-order valence-corrected chi connectivity index (χ0v) is 13.0. The summed E-state index contributed by atoms with van der Waals surface area (Å²) >= 11 is 3.34. The molecule has 8 heteroatoms. The van der Waals surface area contributed by atoms with Crippen LogP contribution in [0.3, 0.4) is 0 Å². The first-order valence-corrected chi connectivity index (χ1v) is 10.3. The van der Waals surface area contributed by atoms with Crippen LogP contribution < -0.4 is 0 Å². The SMILES string of the molecule is CS(=O)(=O)CS(=O)(=O)N1CCCC(CCBr)C1. The first kappa shape index (κ1) is 15.4. The van der Waals surface area contributed by atoms with Crippen LogP contribution in [0.2, 0.25) is 0 Å². The molecule has 0 aliphatic carbocycles. The Labute approximate surface area is 112 Å². The monoisotopic (exact) mass is 347 g/mol. The molecule has 1 fully saturated rings. The minimum absolute atomic E-state index is 0.331. The van der Waals surface area contributed by atoms with Gasteiger partial charge in [0.05, 0.1) is 0 Å². The summed E-state index contributed by atoms with van der Waals surface area (Å²) < 4.78 is 47.3. The van der Waals surface area contributed by atoms with E-state index in [1.165, 1.54) is 4.31 Å². The zero-order chi connectivity index (χ0) is 13.1. The van der Waals surface area contributed by atoms with Crippen LogP contribution in [0.15, 0.2) is 0 Å². The minimum Gasteiger partial charge on any atom is -0.228 e. The second-order valence-corrected chi connectivity index (χ2v) is 9.77. The molecule has 1 heterocycles. The first-order chi connectivity index (χ1) is 7.74. The van der Waals surface area contributed by atoms with Gasteiger partial charge in [0.15, 0.2) is 14.9 Å². The van der Waals surface area contributed by atoms with Crippen molar-refractivity contribution in [1.82, 2.24) is 4.31 Å². The highest BCUT2D eigenvalue weighted by atomic mass is 79.9. The summed E-state index contributed by atoms with van der Waals surface area (Å²) in [5.41, 5.74) is 0. The average molecular weight is 348 g/mol. The number of sulfonamides is 1. The predicted molar refractivity (Wildman–Crippen MR) is 71.3 cm³/mol. The molecule has 1 saturated heterocycles. The van der Waals surface area contributed by atoms with Gasteiger partial charge in [-0.25, -0.2) is 21.1 Å². The number of alkyl halides is 1. The van der Waals surface area contributed by atoms with E-state index in [-0.39, 0.29) is 0 Å². The number of sulfone groups is 1. The highest BCUT2D eigenvalue weighted by Crippen LogP contribution is 2.23. The van der Waals surface area contributed by atoms with Crippen molar-refractivity contribution < 1.29 is 16.8 Å². The van der Waals surface area contributed by atoms with Gasteiger partial charge in [0, 0.05) is 24.7 Å². The van der Waals surface area contributed by atoms with E-state index in [4.69, 9.17) is 0 Å². The summed E-state index contributed by atoms with van der Waals surface area (Å²) in [4.78, 5) is 0. The molecule has 0 aromatic heterocycles. The number of rotatable bonds is 5. The molecule has 1 aliphatic rings. The van der Waals surface area contributed by atoms with E-state index in [9.17, 15) is 16.8 Å². The standard InChI is InChI=1S/C9H18BrNO4S2/c1-16(12,13)8-17(14,15)11-6-2-3-9(7-11)4-5-10/h9H,2-8H2,1H3. The smallest absolute Gasteiger partial charge is 0.228 e. The van der Waals surface area contributed by atoms with Gasteiger partial charge in [-0.15, -0.1) is 0 Å². The van der Waals surface area contributed by atoms with Gasteiger partial charge in [-0.1, -0.05) is 15.9 Å². The maximum atomic E-state index is 11.9. The third-order valence-corrected chi connectivity index (χ3v) is 7.24. The lowest BCUT2D eigenvalue weighted by Crippen LogP contribution is -2.42. The maximum absolute atomic E-state index is 11.9. The van der Waals surface area contributed by atoms with Crippen LogP contribution in [0.5, 0.6) is 0 Å². The molecule has 1 rings (SSSR count). The Kier molecular flexibility index (Phi) is 5.42. The molecule has 0 aromatic carbocycles.